The molecule has 5 rings (SSSR count). The maximum Gasteiger partial charge on any atom is 0.270 e. The van der Waals surface area contributed by atoms with E-state index >= 15 is 0 Å². The lowest BCUT2D eigenvalue weighted by Crippen LogP contribution is -2.40. The molecule has 32 heavy (non-hydrogen) atoms. The summed E-state index contributed by atoms with van der Waals surface area (Å²) in [5.74, 6) is 0.355. The summed E-state index contributed by atoms with van der Waals surface area (Å²) in [7, 11) is 0. The fourth-order valence-electron chi connectivity index (χ4n) is 5.14. The monoisotopic (exact) mass is 430 g/mol. The van der Waals surface area contributed by atoms with Crippen LogP contribution in [0, 0.1) is 18.3 Å². The summed E-state index contributed by atoms with van der Waals surface area (Å²) in [5, 5.41) is 4.20. The number of pyridine rings is 1. The van der Waals surface area contributed by atoms with Crippen LogP contribution in [0.3, 0.4) is 0 Å². The zero-order valence-corrected chi connectivity index (χ0v) is 18.6. The highest BCUT2D eigenvalue weighted by atomic mass is 16.2. The predicted molar refractivity (Wildman–Crippen MR) is 124 cm³/mol. The third-order valence-corrected chi connectivity index (χ3v) is 7.25. The van der Waals surface area contributed by atoms with Gasteiger partial charge in [-0.3, -0.25) is 14.6 Å². The zero-order valence-electron chi connectivity index (χ0n) is 18.6. The first-order valence-corrected chi connectivity index (χ1v) is 11.6. The van der Waals surface area contributed by atoms with Gasteiger partial charge in [-0.25, -0.2) is 0 Å². The summed E-state index contributed by atoms with van der Waals surface area (Å²) in [5.41, 5.74) is 4.19. The molecule has 166 valence electrons. The van der Waals surface area contributed by atoms with E-state index in [9.17, 15) is 9.59 Å². The van der Waals surface area contributed by atoms with E-state index < -0.39 is 0 Å². The first kappa shape index (κ1) is 20.7. The van der Waals surface area contributed by atoms with Gasteiger partial charge in [0.2, 0.25) is 5.91 Å². The molecule has 2 N–H and O–H groups in total. The fourth-order valence-corrected chi connectivity index (χ4v) is 5.14. The molecular formula is C26H30N4O2. The molecular weight excluding hydrogens is 400 g/mol. The van der Waals surface area contributed by atoms with Gasteiger partial charge in [-0.2, -0.15) is 0 Å². The molecule has 1 aromatic carbocycles. The van der Waals surface area contributed by atoms with Crippen molar-refractivity contribution in [1.82, 2.24) is 20.2 Å². The van der Waals surface area contributed by atoms with Crippen LogP contribution >= 0.6 is 0 Å². The third kappa shape index (κ3) is 4.14. The molecule has 3 aromatic rings. The van der Waals surface area contributed by atoms with Crippen LogP contribution < -0.4 is 5.32 Å². The van der Waals surface area contributed by atoms with Crippen LogP contribution in [0.4, 0.5) is 0 Å². The fraction of sp³-hybridized carbons (Fsp3) is 0.423. The summed E-state index contributed by atoms with van der Waals surface area (Å²) < 4.78 is 0. The highest BCUT2D eigenvalue weighted by Crippen LogP contribution is 2.59. The van der Waals surface area contributed by atoms with Crippen molar-refractivity contribution in [2.24, 2.45) is 11.3 Å². The Bertz CT molecular complexity index is 1130. The van der Waals surface area contributed by atoms with Gasteiger partial charge in [0.15, 0.2) is 0 Å². The van der Waals surface area contributed by atoms with Crippen molar-refractivity contribution < 1.29 is 9.59 Å². The van der Waals surface area contributed by atoms with E-state index in [0.717, 1.165) is 56.1 Å². The lowest BCUT2D eigenvalue weighted by molar-refractivity contribution is -0.123. The molecule has 2 fully saturated rings. The number of benzene rings is 1. The second-order valence-electron chi connectivity index (χ2n) is 9.44. The minimum atomic E-state index is 0.0615. The summed E-state index contributed by atoms with van der Waals surface area (Å²) in [6.07, 6.45) is 8.26. The normalized spacial score (nSPS) is 19.3. The third-order valence-electron chi connectivity index (χ3n) is 7.25. The highest BCUT2D eigenvalue weighted by molar-refractivity contribution is 5.98. The van der Waals surface area contributed by atoms with Gasteiger partial charge in [0.25, 0.3) is 5.91 Å². The molecule has 2 amide bonds. The summed E-state index contributed by atoms with van der Waals surface area (Å²) in [4.78, 5) is 34.9. The molecule has 1 unspecified atom stereocenters. The van der Waals surface area contributed by atoms with Crippen LogP contribution in [0.5, 0.6) is 0 Å². The molecule has 1 saturated carbocycles. The van der Waals surface area contributed by atoms with Crippen LogP contribution in [-0.4, -0.2) is 46.3 Å². The van der Waals surface area contributed by atoms with Gasteiger partial charge in [0, 0.05) is 48.8 Å². The topological polar surface area (TPSA) is 78.1 Å². The smallest absolute Gasteiger partial charge is 0.270 e. The average Bonchev–Trinajstić information content (AvgIpc) is 3.34. The molecule has 2 aromatic heterocycles. The second-order valence-corrected chi connectivity index (χ2v) is 9.44. The van der Waals surface area contributed by atoms with E-state index in [0.29, 0.717) is 12.2 Å². The molecule has 1 aliphatic carbocycles. The van der Waals surface area contributed by atoms with Gasteiger partial charge in [0.1, 0.15) is 5.69 Å². The number of likely N-dealkylation sites (tertiary alicyclic amines) is 1. The van der Waals surface area contributed by atoms with Gasteiger partial charge in [0.05, 0.1) is 0 Å². The molecule has 1 spiro atoms. The van der Waals surface area contributed by atoms with Crippen LogP contribution in [-0.2, 0) is 11.2 Å². The van der Waals surface area contributed by atoms with Gasteiger partial charge < -0.3 is 15.2 Å². The quantitative estimate of drug-likeness (QED) is 0.583. The minimum absolute atomic E-state index is 0.0615. The largest absolute Gasteiger partial charge is 0.356 e. The number of aromatic nitrogens is 2. The maximum absolute atomic E-state index is 13.0. The first-order valence-electron chi connectivity index (χ1n) is 11.6. The Labute approximate surface area is 188 Å². The molecule has 1 aliphatic heterocycles. The second kappa shape index (κ2) is 8.41. The van der Waals surface area contributed by atoms with E-state index in [4.69, 9.17) is 0 Å². The van der Waals surface area contributed by atoms with Crippen molar-refractivity contribution in [2.75, 3.05) is 19.6 Å². The van der Waals surface area contributed by atoms with E-state index in [1.807, 2.05) is 29.2 Å². The number of rotatable bonds is 6. The van der Waals surface area contributed by atoms with Crippen LogP contribution in [0.25, 0.3) is 10.9 Å². The SMILES string of the molecule is Cc1ccc2[nH]c(C(=O)N3CCC4(CC3)CC4C(=O)NCCCc3ccncc3)cc2c1. The van der Waals surface area contributed by atoms with Gasteiger partial charge in [-0.05, 0) is 80.3 Å². The van der Waals surface area contributed by atoms with Gasteiger partial charge in [-0.1, -0.05) is 11.6 Å². The first-order chi connectivity index (χ1) is 15.5. The van der Waals surface area contributed by atoms with E-state index in [2.05, 4.69) is 34.3 Å². The number of carbonyl (C=O) groups excluding carboxylic acids is 2. The minimum Gasteiger partial charge on any atom is -0.356 e. The van der Waals surface area contributed by atoms with Crippen molar-refractivity contribution in [3.8, 4) is 0 Å². The Hall–Kier alpha value is -3.15. The molecule has 3 heterocycles. The van der Waals surface area contributed by atoms with Crippen LogP contribution in [0.1, 0.15) is 47.3 Å². The summed E-state index contributed by atoms with van der Waals surface area (Å²) in [6.45, 7) is 4.21. The molecule has 1 saturated heterocycles. The number of fused-ring (bicyclic) bond motifs is 1. The number of nitrogens with one attached hydrogen (secondary N) is 2. The Morgan fingerprint density at radius 2 is 1.94 bits per heavy atom. The lowest BCUT2D eigenvalue weighted by atomic mass is 9.90. The molecule has 0 bridgehead atoms. The number of carbonyl (C=O) groups is 2. The zero-order chi connectivity index (χ0) is 22.1. The van der Waals surface area contributed by atoms with Crippen molar-refractivity contribution in [2.45, 2.75) is 39.0 Å². The maximum atomic E-state index is 13.0. The average molecular weight is 431 g/mol. The van der Waals surface area contributed by atoms with Crippen molar-refractivity contribution >= 4 is 22.7 Å². The number of aromatic amines is 1. The molecule has 1 atom stereocenters. The number of piperidine rings is 1. The van der Waals surface area contributed by atoms with Crippen LogP contribution in [0.2, 0.25) is 0 Å². The number of hydrogen-bond donors (Lipinski definition) is 2. The number of amides is 2. The molecule has 0 radical (unpaired) electrons. The van der Waals surface area contributed by atoms with Crippen molar-refractivity contribution in [1.29, 1.82) is 0 Å². The standard InChI is InChI=1S/C26H30N4O2/c1-18-4-5-22-20(15-18)16-23(29-22)25(32)30-13-8-26(9-14-30)17-21(26)24(31)28-10-2-3-19-6-11-27-12-7-19/h4-7,11-12,15-16,21,29H,2-3,8-10,13-14,17H2,1H3,(H,28,31). The Morgan fingerprint density at radius 3 is 2.72 bits per heavy atom. The highest BCUT2D eigenvalue weighted by Gasteiger charge is 2.58. The van der Waals surface area contributed by atoms with Crippen LogP contribution in [0.15, 0.2) is 48.8 Å². The van der Waals surface area contributed by atoms with Crippen molar-refractivity contribution in [3.63, 3.8) is 0 Å². The number of hydrogen-bond acceptors (Lipinski definition) is 3. The molecule has 6 heteroatoms. The van der Waals surface area contributed by atoms with Gasteiger partial charge in [-0.15, -0.1) is 0 Å². The van der Waals surface area contributed by atoms with E-state index in [1.165, 1.54) is 11.1 Å². The predicted octanol–water partition coefficient (Wildman–Crippen LogP) is 3.86. The lowest BCUT2D eigenvalue weighted by Gasteiger charge is -2.32. The van der Waals surface area contributed by atoms with Crippen molar-refractivity contribution in [3.05, 3.63) is 65.6 Å². The summed E-state index contributed by atoms with van der Waals surface area (Å²) >= 11 is 0. The Balaban J connectivity index is 1.09. The summed E-state index contributed by atoms with van der Waals surface area (Å²) in [6, 6.07) is 12.2. The number of aryl methyl sites for hydroxylation is 2. The number of nitrogens with zero attached hydrogens (tertiary/aromatic N) is 2. The molecule has 6 nitrogen and oxygen atoms in total. The number of H-pyrrole nitrogens is 1. The van der Waals surface area contributed by atoms with E-state index in [-0.39, 0.29) is 23.1 Å². The van der Waals surface area contributed by atoms with Gasteiger partial charge >= 0.3 is 0 Å². The van der Waals surface area contributed by atoms with E-state index in [1.54, 1.807) is 12.4 Å². The Morgan fingerprint density at radius 1 is 1.16 bits per heavy atom. The Kier molecular flexibility index (Phi) is 5.45. The molecule has 2 aliphatic rings.